The van der Waals surface area contributed by atoms with E-state index in [9.17, 15) is 0 Å². The second-order valence-electron chi connectivity index (χ2n) is 4.67. The number of hydrogen-bond donors (Lipinski definition) is 0. The maximum Gasteiger partial charge on any atom is 0.0703 e. The molecule has 0 bridgehead atoms. The van der Waals surface area contributed by atoms with Gasteiger partial charge in [0, 0.05) is 5.88 Å². The van der Waals surface area contributed by atoms with Crippen molar-refractivity contribution in [3.05, 3.63) is 0 Å². The molecule has 0 spiro atoms. The van der Waals surface area contributed by atoms with Crippen molar-refractivity contribution in [3.63, 3.8) is 0 Å². The van der Waals surface area contributed by atoms with Gasteiger partial charge in [0.25, 0.3) is 0 Å². The Balaban J connectivity index is 2.94. The predicted octanol–water partition coefficient (Wildman–Crippen LogP) is 1.73. The number of halogens is 1. The van der Waals surface area contributed by atoms with Crippen molar-refractivity contribution in [1.82, 2.24) is 0 Å². The SMILES string of the molecule is CC(C)OCCOCCOCCOCCOCCOCCCl. The van der Waals surface area contributed by atoms with Crippen LogP contribution in [0.15, 0.2) is 0 Å². The predicted molar refractivity (Wildman–Crippen MR) is 85.9 cm³/mol. The summed E-state index contributed by atoms with van der Waals surface area (Å²) >= 11 is 5.47. The Bertz CT molecular complexity index is 206. The van der Waals surface area contributed by atoms with Gasteiger partial charge in [-0.15, -0.1) is 11.6 Å². The van der Waals surface area contributed by atoms with Crippen LogP contribution >= 0.6 is 11.6 Å². The summed E-state index contributed by atoms with van der Waals surface area (Å²) in [5.41, 5.74) is 0. The molecule has 0 N–H and O–H groups in total. The van der Waals surface area contributed by atoms with Gasteiger partial charge in [-0.2, -0.15) is 0 Å². The van der Waals surface area contributed by atoms with Crippen LogP contribution in [0, 0.1) is 0 Å². The molecule has 0 unspecified atom stereocenters. The standard InChI is InChI=1S/C15H31ClO6/c1-15(2)22-14-13-21-12-11-20-10-9-19-8-7-18-6-5-17-4-3-16/h15H,3-14H2,1-2H3. The normalized spacial score (nSPS) is 11.5. The van der Waals surface area contributed by atoms with Crippen molar-refractivity contribution in [2.75, 3.05) is 78.6 Å². The summed E-state index contributed by atoms with van der Waals surface area (Å²) in [5, 5.41) is 0. The number of hydrogen-bond acceptors (Lipinski definition) is 6. The van der Waals surface area contributed by atoms with Gasteiger partial charge in [-0.1, -0.05) is 0 Å². The quantitative estimate of drug-likeness (QED) is 0.279. The van der Waals surface area contributed by atoms with Crippen LogP contribution in [-0.4, -0.2) is 84.7 Å². The number of rotatable bonds is 18. The summed E-state index contributed by atoms with van der Waals surface area (Å²) in [4.78, 5) is 0. The highest BCUT2D eigenvalue weighted by Gasteiger charge is 1.95. The van der Waals surface area contributed by atoms with E-state index in [1.165, 1.54) is 0 Å². The van der Waals surface area contributed by atoms with Gasteiger partial charge < -0.3 is 28.4 Å². The molecular formula is C15H31ClO6. The van der Waals surface area contributed by atoms with Gasteiger partial charge in [0.1, 0.15) is 0 Å². The molecule has 0 aliphatic heterocycles. The molecule has 0 fully saturated rings. The van der Waals surface area contributed by atoms with Crippen molar-refractivity contribution >= 4 is 11.6 Å². The molecule has 0 aliphatic carbocycles. The summed E-state index contributed by atoms with van der Waals surface area (Å²) in [6.07, 6.45) is 0.249. The topological polar surface area (TPSA) is 55.4 Å². The van der Waals surface area contributed by atoms with Crippen molar-refractivity contribution in [3.8, 4) is 0 Å². The molecule has 0 saturated carbocycles. The van der Waals surface area contributed by atoms with Crippen molar-refractivity contribution < 1.29 is 28.4 Å². The number of alkyl halides is 1. The molecule has 7 heteroatoms. The first-order chi connectivity index (χ1) is 10.8. The highest BCUT2D eigenvalue weighted by atomic mass is 35.5. The van der Waals surface area contributed by atoms with Crippen LogP contribution in [0.4, 0.5) is 0 Å². The van der Waals surface area contributed by atoms with E-state index in [1.54, 1.807) is 0 Å². The fraction of sp³-hybridized carbons (Fsp3) is 1.00. The summed E-state index contributed by atoms with van der Waals surface area (Å²) in [6.45, 7) is 10.3. The monoisotopic (exact) mass is 342 g/mol. The lowest BCUT2D eigenvalue weighted by atomic mass is 10.5. The molecule has 0 aromatic carbocycles. The minimum absolute atomic E-state index is 0.249. The Labute approximate surface area is 139 Å². The van der Waals surface area contributed by atoms with Crippen LogP contribution < -0.4 is 0 Å². The van der Waals surface area contributed by atoms with Crippen molar-refractivity contribution in [2.45, 2.75) is 20.0 Å². The zero-order valence-corrected chi connectivity index (χ0v) is 14.6. The van der Waals surface area contributed by atoms with Crippen LogP contribution in [0.1, 0.15) is 13.8 Å². The van der Waals surface area contributed by atoms with Crippen LogP contribution in [0.3, 0.4) is 0 Å². The van der Waals surface area contributed by atoms with E-state index < -0.39 is 0 Å². The molecular weight excluding hydrogens is 312 g/mol. The third kappa shape index (κ3) is 20.1. The summed E-state index contributed by atoms with van der Waals surface area (Å²) in [7, 11) is 0. The van der Waals surface area contributed by atoms with E-state index in [1.807, 2.05) is 13.8 Å². The zero-order valence-electron chi connectivity index (χ0n) is 13.9. The largest absolute Gasteiger partial charge is 0.378 e. The van der Waals surface area contributed by atoms with Crippen LogP contribution in [-0.2, 0) is 28.4 Å². The van der Waals surface area contributed by atoms with Crippen LogP contribution in [0.25, 0.3) is 0 Å². The molecule has 0 aliphatic rings. The molecule has 0 radical (unpaired) electrons. The van der Waals surface area contributed by atoms with E-state index in [4.69, 9.17) is 40.0 Å². The van der Waals surface area contributed by atoms with Gasteiger partial charge in [-0.05, 0) is 13.8 Å². The first kappa shape index (κ1) is 22.1. The van der Waals surface area contributed by atoms with Crippen molar-refractivity contribution in [1.29, 1.82) is 0 Å². The fourth-order valence-electron chi connectivity index (χ4n) is 1.38. The molecule has 6 nitrogen and oxygen atoms in total. The average Bonchev–Trinajstić information content (AvgIpc) is 2.50. The third-order valence-corrected chi connectivity index (χ3v) is 2.54. The van der Waals surface area contributed by atoms with Crippen LogP contribution in [0.5, 0.6) is 0 Å². The molecule has 0 amide bonds. The molecule has 0 aromatic rings. The maximum atomic E-state index is 5.47. The molecule has 22 heavy (non-hydrogen) atoms. The van der Waals surface area contributed by atoms with Crippen molar-refractivity contribution in [2.24, 2.45) is 0 Å². The summed E-state index contributed by atoms with van der Waals surface area (Å²) < 4.78 is 31.9. The number of ether oxygens (including phenoxy) is 6. The Morgan fingerprint density at radius 2 is 0.864 bits per heavy atom. The van der Waals surface area contributed by atoms with E-state index in [0.29, 0.717) is 78.6 Å². The molecule has 0 atom stereocenters. The summed E-state index contributed by atoms with van der Waals surface area (Å²) in [6, 6.07) is 0. The molecule has 0 aromatic heterocycles. The van der Waals surface area contributed by atoms with E-state index >= 15 is 0 Å². The highest BCUT2D eigenvalue weighted by molar-refractivity contribution is 6.17. The zero-order chi connectivity index (χ0) is 16.3. The van der Waals surface area contributed by atoms with E-state index in [0.717, 1.165) is 0 Å². The van der Waals surface area contributed by atoms with Crippen LogP contribution in [0.2, 0.25) is 0 Å². The molecule has 0 heterocycles. The first-order valence-electron chi connectivity index (χ1n) is 7.83. The molecule has 134 valence electrons. The van der Waals surface area contributed by atoms with Gasteiger partial charge >= 0.3 is 0 Å². The van der Waals surface area contributed by atoms with Gasteiger partial charge in [0.15, 0.2) is 0 Å². The van der Waals surface area contributed by atoms with Gasteiger partial charge in [-0.3, -0.25) is 0 Å². The van der Waals surface area contributed by atoms with E-state index in [2.05, 4.69) is 0 Å². The van der Waals surface area contributed by atoms with Gasteiger partial charge in [-0.25, -0.2) is 0 Å². The second kappa shape index (κ2) is 19.1. The Morgan fingerprint density at radius 3 is 1.18 bits per heavy atom. The van der Waals surface area contributed by atoms with Gasteiger partial charge in [0.05, 0.1) is 78.8 Å². The van der Waals surface area contributed by atoms with E-state index in [-0.39, 0.29) is 6.10 Å². The smallest absolute Gasteiger partial charge is 0.0703 e. The minimum Gasteiger partial charge on any atom is -0.378 e. The molecule has 0 rings (SSSR count). The third-order valence-electron chi connectivity index (χ3n) is 2.39. The molecule has 0 saturated heterocycles. The lowest BCUT2D eigenvalue weighted by molar-refractivity contribution is -0.0208. The Kier molecular flexibility index (Phi) is 19.1. The second-order valence-corrected chi connectivity index (χ2v) is 5.05. The lowest BCUT2D eigenvalue weighted by Crippen LogP contribution is -2.14. The summed E-state index contributed by atoms with van der Waals surface area (Å²) in [5.74, 6) is 0.514. The highest BCUT2D eigenvalue weighted by Crippen LogP contribution is 1.88. The first-order valence-corrected chi connectivity index (χ1v) is 8.37. The Hall–Kier alpha value is 0.0500. The Morgan fingerprint density at radius 1 is 0.545 bits per heavy atom. The lowest BCUT2D eigenvalue weighted by Gasteiger charge is -2.09. The average molecular weight is 343 g/mol. The van der Waals surface area contributed by atoms with Gasteiger partial charge in [0.2, 0.25) is 0 Å². The maximum absolute atomic E-state index is 5.47. The minimum atomic E-state index is 0.249. The fourth-order valence-corrected chi connectivity index (χ4v) is 1.49.